The van der Waals surface area contributed by atoms with Crippen LogP contribution in [-0.4, -0.2) is 11.3 Å². The van der Waals surface area contributed by atoms with E-state index in [-0.39, 0.29) is 12.2 Å². The summed E-state index contributed by atoms with van der Waals surface area (Å²) in [5.41, 5.74) is 1.04. The summed E-state index contributed by atoms with van der Waals surface area (Å²) in [6.07, 6.45) is 2.60. The summed E-state index contributed by atoms with van der Waals surface area (Å²) in [7, 11) is 0. The lowest BCUT2D eigenvalue weighted by Gasteiger charge is -2.06. The van der Waals surface area contributed by atoms with Gasteiger partial charge in [-0.3, -0.25) is 4.79 Å². The van der Waals surface area contributed by atoms with E-state index in [1.807, 2.05) is 5.38 Å². The Morgan fingerprint density at radius 3 is 3.05 bits per heavy atom. The van der Waals surface area contributed by atoms with Gasteiger partial charge in [-0.05, 0) is 31.0 Å². The average Bonchev–Trinajstić information content (AvgIpc) is 2.85. The van der Waals surface area contributed by atoms with Crippen molar-refractivity contribution in [2.45, 2.75) is 26.4 Å². The van der Waals surface area contributed by atoms with Gasteiger partial charge in [0.25, 0.3) is 0 Å². The van der Waals surface area contributed by atoms with E-state index in [1.165, 1.54) is 12.1 Å². The molecule has 0 bridgehead atoms. The van der Waals surface area contributed by atoms with Crippen LogP contribution < -0.4 is 4.74 Å². The van der Waals surface area contributed by atoms with E-state index < -0.39 is 5.82 Å². The van der Waals surface area contributed by atoms with Gasteiger partial charge < -0.3 is 4.74 Å². The third-order valence-electron chi connectivity index (χ3n) is 2.54. The molecule has 2 aromatic rings. The Kier molecular flexibility index (Phi) is 4.63. The topological polar surface area (TPSA) is 39.2 Å². The van der Waals surface area contributed by atoms with Gasteiger partial charge in [-0.2, -0.15) is 0 Å². The van der Waals surface area contributed by atoms with Gasteiger partial charge in [0, 0.05) is 5.38 Å². The number of aldehydes is 1. The Morgan fingerprint density at radius 2 is 2.32 bits per heavy atom. The smallest absolute Gasteiger partial charge is 0.153 e. The molecule has 2 rings (SSSR count). The van der Waals surface area contributed by atoms with E-state index >= 15 is 0 Å². The number of aromatic nitrogens is 1. The molecule has 0 radical (unpaired) electrons. The Bertz CT molecular complexity index is 568. The van der Waals surface area contributed by atoms with Gasteiger partial charge in [0.2, 0.25) is 0 Å². The summed E-state index contributed by atoms with van der Waals surface area (Å²) >= 11 is 1.60. The van der Waals surface area contributed by atoms with Crippen LogP contribution in [-0.2, 0) is 13.0 Å². The Morgan fingerprint density at radius 1 is 1.47 bits per heavy atom. The van der Waals surface area contributed by atoms with Crippen LogP contribution in [0.1, 0.15) is 34.4 Å². The Balaban J connectivity index is 2.03. The van der Waals surface area contributed by atoms with E-state index in [0.29, 0.717) is 12.0 Å². The molecule has 100 valence electrons. The highest BCUT2D eigenvalue weighted by Gasteiger charge is 2.07. The molecular formula is C14H14FNO2S. The van der Waals surface area contributed by atoms with Crippen LogP contribution in [0.5, 0.6) is 5.75 Å². The quantitative estimate of drug-likeness (QED) is 0.758. The van der Waals surface area contributed by atoms with E-state index in [4.69, 9.17) is 4.74 Å². The van der Waals surface area contributed by atoms with Gasteiger partial charge in [-0.15, -0.1) is 11.3 Å². The number of halogens is 1. The maximum atomic E-state index is 13.0. The predicted octanol–water partition coefficient (Wildman–Crippen LogP) is 3.63. The normalized spacial score (nSPS) is 10.4. The lowest BCUT2D eigenvalue weighted by molar-refractivity contribution is 0.111. The summed E-state index contributed by atoms with van der Waals surface area (Å²) in [5.74, 6) is -0.0743. The first-order valence-electron chi connectivity index (χ1n) is 6.03. The van der Waals surface area contributed by atoms with Crippen LogP contribution in [0.3, 0.4) is 0 Å². The summed E-state index contributed by atoms with van der Waals surface area (Å²) in [5, 5.41) is 3.02. The second kappa shape index (κ2) is 6.43. The number of benzene rings is 1. The molecule has 5 heteroatoms. The van der Waals surface area contributed by atoms with Crippen molar-refractivity contribution < 1.29 is 13.9 Å². The standard InChI is InChI=1S/C14H14FNO2S/c1-2-3-14-16-12(9-19-14)8-18-13-5-4-11(15)6-10(13)7-17/h4-7,9H,2-3,8H2,1H3. The van der Waals surface area contributed by atoms with Crippen molar-refractivity contribution in [3.8, 4) is 5.75 Å². The molecule has 0 aliphatic rings. The minimum Gasteiger partial charge on any atom is -0.487 e. The molecule has 1 aromatic heterocycles. The Hall–Kier alpha value is -1.75. The fraction of sp³-hybridized carbons (Fsp3) is 0.286. The minimum absolute atomic E-state index is 0.212. The molecule has 1 heterocycles. The van der Waals surface area contributed by atoms with Crippen LogP contribution in [0.2, 0.25) is 0 Å². The molecule has 0 aliphatic heterocycles. The lowest BCUT2D eigenvalue weighted by atomic mass is 10.2. The Labute approximate surface area is 115 Å². The van der Waals surface area contributed by atoms with Crippen molar-refractivity contribution in [3.63, 3.8) is 0 Å². The fourth-order valence-electron chi connectivity index (χ4n) is 1.64. The van der Waals surface area contributed by atoms with Crippen LogP contribution >= 0.6 is 11.3 Å². The zero-order valence-electron chi connectivity index (χ0n) is 10.6. The first-order chi connectivity index (χ1) is 9.22. The summed E-state index contributed by atoms with van der Waals surface area (Å²) in [6.45, 7) is 2.39. The van der Waals surface area contributed by atoms with Gasteiger partial charge in [-0.1, -0.05) is 6.92 Å². The summed E-state index contributed by atoms with van der Waals surface area (Å²) in [6, 6.07) is 3.89. The molecule has 1 aromatic carbocycles. The largest absolute Gasteiger partial charge is 0.487 e. The number of nitrogens with zero attached hydrogens (tertiary/aromatic N) is 1. The maximum absolute atomic E-state index is 13.0. The minimum atomic E-state index is -0.451. The molecule has 19 heavy (non-hydrogen) atoms. The van der Waals surface area contributed by atoms with Gasteiger partial charge >= 0.3 is 0 Å². The van der Waals surface area contributed by atoms with Crippen LogP contribution in [0, 0.1) is 5.82 Å². The monoisotopic (exact) mass is 279 g/mol. The van der Waals surface area contributed by atoms with E-state index in [2.05, 4.69) is 11.9 Å². The first kappa shape index (κ1) is 13.7. The molecule has 0 unspecified atom stereocenters. The molecule has 0 saturated carbocycles. The predicted molar refractivity (Wildman–Crippen MR) is 72.2 cm³/mol. The molecular weight excluding hydrogens is 265 g/mol. The van der Waals surface area contributed by atoms with Gasteiger partial charge in [0.15, 0.2) is 6.29 Å². The number of carbonyl (C=O) groups excluding carboxylic acids is 1. The molecule has 3 nitrogen and oxygen atoms in total. The first-order valence-corrected chi connectivity index (χ1v) is 6.91. The second-order valence-electron chi connectivity index (χ2n) is 4.07. The number of thiazole rings is 1. The van der Waals surface area contributed by atoms with Crippen molar-refractivity contribution >= 4 is 17.6 Å². The number of hydrogen-bond acceptors (Lipinski definition) is 4. The molecule has 0 fully saturated rings. The third kappa shape index (κ3) is 3.61. The molecule has 0 aliphatic carbocycles. The average molecular weight is 279 g/mol. The number of carbonyl (C=O) groups is 1. The van der Waals surface area contributed by atoms with Crippen LogP contribution in [0.25, 0.3) is 0 Å². The molecule has 0 N–H and O–H groups in total. The fourth-order valence-corrected chi connectivity index (χ4v) is 2.52. The number of hydrogen-bond donors (Lipinski definition) is 0. The van der Waals surface area contributed by atoms with E-state index in [1.54, 1.807) is 11.3 Å². The second-order valence-corrected chi connectivity index (χ2v) is 5.01. The van der Waals surface area contributed by atoms with Crippen molar-refractivity contribution in [1.29, 1.82) is 0 Å². The van der Waals surface area contributed by atoms with Gasteiger partial charge in [-0.25, -0.2) is 9.37 Å². The zero-order valence-corrected chi connectivity index (χ0v) is 11.4. The SMILES string of the molecule is CCCc1nc(COc2ccc(F)cc2C=O)cs1. The zero-order chi connectivity index (χ0) is 13.7. The summed E-state index contributed by atoms with van der Waals surface area (Å²) < 4.78 is 18.5. The van der Waals surface area contributed by atoms with Gasteiger partial charge in [0.1, 0.15) is 18.2 Å². The van der Waals surface area contributed by atoms with Crippen molar-refractivity contribution in [3.05, 3.63) is 45.7 Å². The number of rotatable bonds is 6. The van der Waals surface area contributed by atoms with E-state index in [0.717, 1.165) is 29.6 Å². The molecule has 0 amide bonds. The highest BCUT2D eigenvalue weighted by molar-refractivity contribution is 7.09. The molecule has 0 atom stereocenters. The highest BCUT2D eigenvalue weighted by Crippen LogP contribution is 2.20. The summed E-state index contributed by atoms with van der Waals surface area (Å²) in [4.78, 5) is 15.2. The van der Waals surface area contributed by atoms with Crippen molar-refractivity contribution in [2.75, 3.05) is 0 Å². The van der Waals surface area contributed by atoms with Crippen LogP contribution in [0.15, 0.2) is 23.6 Å². The van der Waals surface area contributed by atoms with Crippen molar-refractivity contribution in [2.24, 2.45) is 0 Å². The van der Waals surface area contributed by atoms with Gasteiger partial charge in [0.05, 0.1) is 16.3 Å². The lowest BCUT2D eigenvalue weighted by Crippen LogP contribution is -1.99. The van der Waals surface area contributed by atoms with Crippen LogP contribution in [0.4, 0.5) is 4.39 Å². The third-order valence-corrected chi connectivity index (χ3v) is 3.49. The molecule has 0 spiro atoms. The van der Waals surface area contributed by atoms with E-state index in [9.17, 15) is 9.18 Å². The number of ether oxygens (including phenoxy) is 1. The maximum Gasteiger partial charge on any atom is 0.153 e. The number of aryl methyl sites for hydroxylation is 1. The van der Waals surface area contributed by atoms with Crippen molar-refractivity contribution in [1.82, 2.24) is 4.98 Å². The highest BCUT2D eigenvalue weighted by atomic mass is 32.1. The molecule has 0 saturated heterocycles.